The summed E-state index contributed by atoms with van der Waals surface area (Å²) in [6.07, 6.45) is 5.33. The summed E-state index contributed by atoms with van der Waals surface area (Å²) >= 11 is 16.8. The van der Waals surface area contributed by atoms with E-state index in [2.05, 4.69) is 15.4 Å². The Hall–Kier alpha value is -0.880. The minimum atomic E-state index is 0.179. The third-order valence-corrected chi connectivity index (χ3v) is 4.29. The molecule has 0 saturated carbocycles. The fourth-order valence-electron chi connectivity index (χ4n) is 2.44. The number of hydrazone groups is 1. The molecule has 1 aromatic carbocycles. The van der Waals surface area contributed by atoms with Gasteiger partial charge in [0, 0.05) is 18.8 Å². The second-order valence-corrected chi connectivity index (χ2v) is 6.29. The Labute approximate surface area is 140 Å². The van der Waals surface area contributed by atoms with Crippen molar-refractivity contribution in [2.45, 2.75) is 31.8 Å². The summed E-state index contributed by atoms with van der Waals surface area (Å²) in [6.45, 7) is 1.85. The van der Waals surface area contributed by atoms with Crippen LogP contribution in [0.4, 0.5) is 0 Å². The smallest absolute Gasteiger partial charge is 0.184 e. The Morgan fingerprint density at radius 2 is 2.24 bits per heavy atom. The monoisotopic (exact) mass is 344 g/mol. The second-order valence-electron chi connectivity index (χ2n) is 5.04. The van der Waals surface area contributed by atoms with Crippen molar-refractivity contribution in [3.63, 3.8) is 0 Å². The predicted molar refractivity (Wildman–Crippen MR) is 92.9 cm³/mol. The van der Waals surface area contributed by atoms with Gasteiger partial charge in [-0.2, -0.15) is 5.10 Å². The molecule has 0 spiro atoms. The zero-order valence-electron chi connectivity index (χ0n) is 11.6. The molecule has 4 nitrogen and oxygen atoms in total. The number of benzene rings is 1. The third kappa shape index (κ3) is 5.11. The van der Waals surface area contributed by atoms with E-state index in [1.54, 1.807) is 0 Å². The number of likely N-dealkylation sites (tertiary alicyclic amines) is 1. The molecule has 114 valence electrons. The number of piperidine rings is 1. The van der Waals surface area contributed by atoms with E-state index in [4.69, 9.17) is 41.2 Å². The molecule has 7 heteroatoms. The first-order chi connectivity index (χ1) is 10.1. The lowest BCUT2D eigenvalue weighted by Crippen LogP contribution is -2.40. The van der Waals surface area contributed by atoms with Crippen LogP contribution in [-0.4, -0.2) is 28.8 Å². The summed E-state index contributed by atoms with van der Waals surface area (Å²) in [6, 6.07) is 6.03. The van der Waals surface area contributed by atoms with Gasteiger partial charge in [0.25, 0.3) is 0 Å². The van der Waals surface area contributed by atoms with Crippen molar-refractivity contribution in [3.05, 3.63) is 33.8 Å². The van der Waals surface area contributed by atoms with Crippen LogP contribution in [0.25, 0.3) is 0 Å². The van der Waals surface area contributed by atoms with Crippen LogP contribution in [0, 0.1) is 0 Å². The first-order valence-electron chi connectivity index (χ1n) is 6.83. The lowest BCUT2D eigenvalue weighted by Gasteiger charge is -2.33. The largest absolute Gasteiger partial charge is 0.375 e. The van der Waals surface area contributed by atoms with Crippen LogP contribution in [0.15, 0.2) is 23.3 Å². The average molecular weight is 345 g/mol. The van der Waals surface area contributed by atoms with Gasteiger partial charge in [0.1, 0.15) is 0 Å². The summed E-state index contributed by atoms with van der Waals surface area (Å²) < 4.78 is 0. The van der Waals surface area contributed by atoms with Crippen LogP contribution in [0.3, 0.4) is 0 Å². The zero-order chi connectivity index (χ0) is 15.2. The Kier molecular flexibility index (Phi) is 6.23. The molecule has 0 aliphatic carbocycles. The van der Waals surface area contributed by atoms with E-state index in [-0.39, 0.29) is 11.2 Å². The number of nitrogens with two attached hydrogens (primary N) is 1. The van der Waals surface area contributed by atoms with Crippen LogP contribution in [-0.2, 0) is 6.54 Å². The maximum Gasteiger partial charge on any atom is 0.184 e. The van der Waals surface area contributed by atoms with Gasteiger partial charge < -0.3 is 5.73 Å². The summed E-state index contributed by atoms with van der Waals surface area (Å²) in [7, 11) is 0. The Bertz CT molecular complexity index is 536. The number of hydrogen-bond acceptors (Lipinski definition) is 3. The minimum Gasteiger partial charge on any atom is -0.375 e. The van der Waals surface area contributed by atoms with Crippen LogP contribution in [0.5, 0.6) is 0 Å². The third-order valence-electron chi connectivity index (χ3n) is 3.46. The molecule has 1 heterocycles. The Morgan fingerprint density at radius 1 is 1.43 bits per heavy atom. The molecule has 1 atom stereocenters. The normalized spacial score (nSPS) is 19.8. The van der Waals surface area contributed by atoms with E-state index in [9.17, 15) is 0 Å². The average Bonchev–Trinajstić information content (AvgIpc) is 2.44. The number of nitrogens with zero attached hydrogens (tertiary/aromatic N) is 2. The van der Waals surface area contributed by atoms with E-state index in [0.717, 1.165) is 25.1 Å². The maximum atomic E-state index is 6.07. The molecule has 1 unspecified atom stereocenters. The molecule has 3 N–H and O–H groups in total. The molecule has 1 aliphatic heterocycles. The molecule has 1 fully saturated rings. The van der Waals surface area contributed by atoms with E-state index in [0.29, 0.717) is 10.0 Å². The fraction of sp³-hybridized carbons (Fsp3) is 0.429. The molecule has 21 heavy (non-hydrogen) atoms. The number of hydrogen-bond donors (Lipinski definition) is 2. The van der Waals surface area contributed by atoms with Crippen LogP contribution >= 0.6 is 35.4 Å². The lowest BCUT2D eigenvalue weighted by atomic mass is 10.0. The van der Waals surface area contributed by atoms with Crippen molar-refractivity contribution in [2.75, 3.05) is 6.54 Å². The number of nitrogens with one attached hydrogen (secondary N) is 1. The summed E-state index contributed by atoms with van der Waals surface area (Å²) in [5.74, 6) is 0. The summed E-state index contributed by atoms with van der Waals surface area (Å²) in [5, 5.41) is 5.44. The summed E-state index contributed by atoms with van der Waals surface area (Å²) in [5.41, 5.74) is 9.12. The van der Waals surface area contributed by atoms with Gasteiger partial charge in [-0.15, -0.1) is 0 Å². The van der Waals surface area contributed by atoms with Gasteiger partial charge in [-0.25, -0.2) is 0 Å². The van der Waals surface area contributed by atoms with E-state index < -0.39 is 0 Å². The molecule has 1 aromatic rings. The van der Waals surface area contributed by atoms with Crippen molar-refractivity contribution >= 4 is 46.7 Å². The maximum absolute atomic E-state index is 6.07. The molecule has 2 rings (SSSR count). The lowest BCUT2D eigenvalue weighted by molar-refractivity contribution is 0.186. The van der Waals surface area contributed by atoms with E-state index in [1.807, 2.05) is 24.4 Å². The highest BCUT2D eigenvalue weighted by atomic mass is 35.5. The first kappa shape index (κ1) is 16.5. The molecule has 1 aliphatic rings. The van der Waals surface area contributed by atoms with Crippen LogP contribution in [0.2, 0.25) is 10.0 Å². The minimum absolute atomic E-state index is 0.179. The number of thiocarbonyl (C=S) groups is 1. The predicted octanol–water partition coefficient (Wildman–Crippen LogP) is 3.17. The van der Waals surface area contributed by atoms with Crippen molar-refractivity contribution in [2.24, 2.45) is 10.8 Å². The van der Waals surface area contributed by atoms with Crippen LogP contribution in [0.1, 0.15) is 24.8 Å². The highest BCUT2D eigenvalue weighted by Crippen LogP contribution is 2.25. The standard InChI is InChI=1S/C14H18Cl2N4S/c15-12-5-4-10(7-13(12)16)9-20-6-2-1-3-11(20)8-18-19-14(17)21/h4-5,7-8,11H,1-3,6,9H2,(H3,17,19,21). The van der Waals surface area contributed by atoms with Gasteiger partial charge in [-0.05, 0) is 49.3 Å². The van der Waals surface area contributed by atoms with Crippen molar-refractivity contribution < 1.29 is 0 Å². The van der Waals surface area contributed by atoms with Gasteiger partial charge in [0.15, 0.2) is 5.11 Å². The quantitative estimate of drug-likeness (QED) is 0.500. The Morgan fingerprint density at radius 3 is 2.95 bits per heavy atom. The van der Waals surface area contributed by atoms with Gasteiger partial charge in [0.05, 0.1) is 10.0 Å². The molecule has 0 radical (unpaired) electrons. The van der Waals surface area contributed by atoms with Gasteiger partial charge >= 0.3 is 0 Å². The number of rotatable bonds is 4. The van der Waals surface area contributed by atoms with Crippen molar-refractivity contribution in [3.8, 4) is 0 Å². The highest BCUT2D eigenvalue weighted by molar-refractivity contribution is 7.80. The summed E-state index contributed by atoms with van der Waals surface area (Å²) in [4.78, 5) is 2.37. The molecule has 1 saturated heterocycles. The van der Waals surface area contributed by atoms with Crippen molar-refractivity contribution in [1.29, 1.82) is 0 Å². The van der Waals surface area contributed by atoms with Gasteiger partial charge in [-0.3, -0.25) is 10.3 Å². The van der Waals surface area contributed by atoms with E-state index in [1.165, 1.54) is 12.8 Å². The van der Waals surface area contributed by atoms with Crippen LogP contribution < -0.4 is 11.2 Å². The highest BCUT2D eigenvalue weighted by Gasteiger charge is 2.21. The van der Waals surface area contributed by atoms with Gasteiger partial charge in [-0.1, -0.05) is 35.7 Å². The van der Waals surface area contributed by atoms with Crippen molar-refractivity contribution in [1.82, 2.24) is 10.3 Å². The van der Waals surface area contributed by atoms with E-state index >= 15 is 0 Å². The SMILES string of the molecule is NC(=S)NN=CC1CCCCN1Cc1ccc(Cl)c(Cl)c1. The number of halogens is 2. The fourth-order valence-corrected chi connectivity index (χ4v) is 2.81. The molecule has 0 bridgehead atoms. The molecular weight excluding hydrogens is 327 g/mol. The molecule has 0 aromatic heterocycles. The second kappa shape index (κ2) is 7.94. The Balaban J connectivity index is 2.02. The molecule has 0 amide bonds. The topological polar surface area (TPSA) is 53.6 Å². The molecular formula is C14H18Cl2N4S. The first-order valence-corrected chi connectivity index (χ1v) is 7.99. The van der Waals surface area contributed by atoms with Gasteiger partial charge in [0.2, 0.25) is 0 Å². The zero-order valence-corrected chi connectivity index (χ0v) is 13.9.